The second kappa shape index (κ2) is 7.42. The van der Waals surface area contributed by atoms with E-state index in [4.69, 9.17) is 9.52 Å². The quantitative estimate of drug-likeness (QED) is 0.530. The molecular formula is C24H41N3OSi. The zero-order chi connectivity index (χ0) is 21.8. The van der Waals surface area contributed by atoms with Crippen LogP contribution in [0.3, 0.4) is 0 Å². The van der Waals surface area contributed by atoms with Crippen LogP contribution in [0.25, 0.3) is 5.82 Å². The minimum atomic E-state index is -1.67. The molecule has 1 saturated carbocycles. The van der Waals surface area contributed by atoms with Crippen LogP contribution in [-0.4, -0.2) is 28.8 Å². The summed E-state index contributed by atoms with van der Waals surface area (Å²) in [6, 6.07) is 6.61. The Morgan fingerprint density at radius 1 is 1.03 bits per heavy atom. The average molecular weight is 416 g/mol. The van der Waals surface area contributed by atoms with E-state index in [0.29, 0.717) is 12.0 Å². The van der Waals surface area contributed by atoms with Crippen LogP contribution in [0.5, 0.6) is 0 Å². The SMILES string of the molecule is Cc1ccc(C)n1-c1cc(C(C)(C)C)n(C[C@H]2C[C@@H](O[Si](C)(C)C(C)(C)C)C2)n1. The van der Waals surface area contributed by atoms with Crippen LogP contribution in [0, 0.1) is 19.8 Å². The highest BCUT2D eigenvalue weighted by Gasteiger charge is 2.42. The van der Waals surface area contributed by atoms with Gasteiger partial charge in [0.1, 0.15) is 0 Å². The van der Waals surface area contributed by atoms with E-state index >= 15 is 0 Å². The Kier molecular flexibility index (Phi) is 5.72. The molecule has 0 spiro atoms. The molecule has 1 fully saturated rings. The van der Waals surface area contributed by atoms with Crippen molar-refractivity contribution in [1.82, 2.24) is 14.3 Å². The van der Waals surface area contributed by atoms with E-state index in [1.807, 2.05) is 0 Å². The number of aryl methyl sites for hydroxylation is 2. The van der Waals surface area contributed by atoms with E-state index in [0.717, 1.165) is 25.2 Å². The first-order chi connectivity index (χ1) is 13.2. The van der Waals surface area contributed by atoms with Gasteiger partial charge in [0, 0.05) is 41.2 Å². The molecule has 0 aliphatic heterocycles. The molecule has 29 heavy (non-hydrogen) atoms. The van der Waals surface area contributed by atoms with E-state index in [1.165, 1.54) is 17.1 Å². The topological polar surface area (TPSA) is 32.0 Å². The predicted molar refractivity (Wildman–Crippen MR) is 125 cm³/mol. The zero-order valence-electron chi connectivity index (χ0n) is 20.3. The fourth-order valence-corrected chi connectivity index (χ4v) is 5.42. The first-order valence-corrected chi connectivity index (χ1v) is 14.0. The Bertz CT molecular complexity index is 838. The summed E-state index contributed by atoms with van der Waals surface area (Å²) >= 11 is 0. The van der Waals surface area contributed by atoms with Crippen molar-refractivity contribution >= 4 is 8.32 Å². The van der Waals surface area contributed by atoms with E-state index in [1.54, 1.807) is 0 Å². The van der Waals surface area contributed by atoms with Crippen LogP contribution in [-0.2, 0) is 16.4 Å². The zero-order valence-corrected chi connectivity index (χ0v) is 21.3. The molecule has 4 nitrogen and oxygen atoms in total. The van der Waals surface area contributed by atoms with Crippen molar-refractivity contribution in [1.29, 1.82) is 0 Å². The predicted octanol–water partition coefficient (Wildman–Crippen LogP) is 6.39. The number of nitrogens with zero attached hydrogens (tertiary/aromatic N) is 3. The van der Waals surface area contributed by atoms with Gasteiger partial charge < -0.3 is 8.99 Å². The molecule has 2 aromatic rings. The van der Waals surface area contributed by atoms with Gasteiger partial charge >= 0.3 is 0 Å². The van der Waals surface area contributed by atoms with Crippen molar-refractivity contribution in [3.8, 4) is 5.82 Å². The number of rotatable bonds is 5. The van der Waals surface area contributed by atoms with Crippen molar-refractivity contribution in [2.75, 3.05) is 0 Å². The molecule has 2 heterocycles. The van der Waals surface area contributed by atoms with E-state index < -0.39 is 8.32 Å². The molecule has 0 radical (unpaired) electrons. The molecule has 0 aromatic carbocycles. The molecule has 0 unspecified atom stereocenters. The normalized spacial score (nSPS) is 20.8. The lowest BCUT2D eigenvalue weighted by atomic mass is 9.82. The van der Waals surface area contributed by atoms with E-state index in [9.17, 15) is 0 Å². The minimum Gasteiger partial charge on any atom is -0.414 e. The Morgan fingerprint density at radius 2 is 1.59 bits per heavy atom. The maximum Gasteiger partial charge on any atom is 0.192 e. The second-order valence-corrected chi connectivity index (χ2v) is 16.4. The lowest BCUT2D eigenvalue weighted by Gasteiger charge is -2.45. The average Bonchev–Trinajstić information content (AvgIpc) is 3.07. The molecule has 2 aromatic heterocycles. The molecule has 5 heteroatoms. The molecule has 0 N–H and O–H groups in total. The van der Waals surface area contributed by atoms with Gasteiger partial charge in [0.15, 0.2) is 14.1 Å². The fraction of sp³-hybridized carbons (Fsp3) is 0.708. The first kappa shape index (κ1) is 22.4. The van der Waals surface area contributed by atoms with Crippen LogP contribution in [0.2, 0.25) is 18.1 Å². The molecule has 1 aliphatic rings. The molecule has 1 aliphatic carbocycles. The lowest BCUT2D eigenvalue weighted by molar-refractivity contribution is 0.0422. The Hall–Kier alpha value is -1.33. The summed E-state index contributed by atoms with van der Waals surface area (Å²) in [6.45, 7) is 23.8. The van der Waals surface area contributed by atoms with Gasteiger partial charge in [-0.15, -0.1) is 0 Å². The molecule has 0 amide bonds. The van der Waals surface area contributed by atoms with Crippen molar-refractivity contribution in [3.05, 3.63) is 35.3 Å². The minimum absolute atomic E-state index is 0.0704. The molecule has 0 saturated heterocycles. The van der Waals surface area contributed by atoms with Gasteiger partial charge in [0.2, 0.25) is 0 Å². The molecule has 0 bridgehead atoms. The standard InChI is InChI=1S/C24H41N3OSi/c1-17-11-12-18(2)27(17)22-15-21(23(3,4)5)26(25-22)16-19-13-20(14-19)28-29(9,10)24(6,7)8/h11-12,15,19-20H,13-14,16H2,1-10H3/t19-,20+. The summed E-state index contributed by atoms with van der Waals surface area (Å²) in [5.41, 5.74) is 3.85. The first-order valence-electron chi connectivity index (χ1n) is 11.1. The summed E-state index contributed by atoms with van der Waals surface area (Å²) in [5, 5.41) is 5.33. The highest BCUT2D eigenvalue weighted by Crippen LogP contribution is 2.42. The lowest BCUT2D eigenvalue weighted by Crippen LogP contribution is -2.48. The summed E-state index contributed by atoms with van der Waals surface area (Å²) in [5.74, 6) is 1.70. The summed E-state index contributed by atoms with van der Waals surface area (Å²) in [7, 11) is -1.67. The van der Waals surface area contributed by atoms with Gasteiger partial charge in [-0.3, -0.25) is 4.68 Å². The number of hydrogen-bond acceptors (Lipinski definition) is 2. The number of aromatic nitrogens is 3. The highest BCUT2D eigenvalue weighted by atomic mass is 28.4. The Labute approximate surface area is 178 Å². The Balaban J connectivity index is 1.74. The third-order valence-corrected chi connectivity index (χ3v) is 11.5. The largest absolute Gasteiger partial charge is 0.414 e. The van der Waals surface area contributed by atoms with Gasteiger partial charge in [-0.1, -0.05) is 41.5 Å². The van der Waals surface area contributed by atoms with Crippen molar-refractivity contribution < 1.29 is 4.43 Å². The highest BCUT2D eigenvalue weighted by molar-refractivity contribution is 6.74. The third kappa shape index (κ3) is 4.56. The second-order valence-electron chi connectivity index (χ2n) is 11.6. The van der Waals surface area contributed by atoms with Gasteiger partial charge in [-0.05, 0) is 62.9 Å². The van der Waals surface area contributed by atoms with E-state index in [-0.39, 0.29) is 10.5 Å². The maximum absolute atomic E-state index is 6.60. The van der Waals surface area contributed by atoms with Crippen LogP contribution in [0.4, 0.5) is 0 Å². The van der Waals surface area contributed by atoms with Crippen LogP contribution >= 0.6 is 0 Å². The smallest absolute Gasteiger partial charge is 0.192 e. The summed E-state index contributed by atoms with van der Waals surface area (Å²) < 4.78 is 11.1. The van der Waals surface area contributed by atoms with Crippen LogP contribution in [0.1, 0.15) is 71.5 Å². The van der Waals surface area contributed by atoms with Crippen LogP contribution in [0.15, 0.2) is 18.2 Å². The summed E-state index contributed by atoms with van der Waals surface area (Å²) in [4.78, 5) is 0. The van der Waals surface area contributed by atoms with Gasteiger partial charge in [-0.2, -0.15) is 5.10 Å². The molecule has 162 valence electrons. The van der Waals surface area contributed by atoms with Crippen molar-refractivity contribution in [2.24, 2.45) is 5.92 Å². The molecular weight excluding hydrogens is 374 g/mol. The van der Waals surface area contributed by atoms with Gasteiger partial charge in [0.05, 0.1) is 0 Å². The Morgan fingerprint density at radius 3 is 2.07 bits per heavy atom. The molecule has 3 rings (SSSR count). The van der Waals surface area contributed by atoms with Gasteiger partial charge in [-0.25, -0.2) is 0 Å². The van der Waals surface area contributed by atoms with Gasteiger partial charge in [0.25, 0.3) is 0 Å². The maximum atomic E-state index is 6.60. The molecule has 0 atom stereocenters. The fourth-order valence-electron chi connectivity index (χ4n) is 4.04. The van der Waals surface area contributed by atoms with Crippen LogP contribution < -0.4 is 0 Å². The monoisotopic (exact) mass is 415 g/mol. The summed E-state index contributed by atoms with van der Waals surface area (Å²) in [6.07, 6.45) is 2.75. The van der Waals surface area contributed by atoms with Crippen molar-refractivity contribution in [3.63, 3.8) is 0 Å². The third-order valence-electron chi connectivity index (χ3n) is 6.93. The van der Waals surface area contributed by atoms with E-state index in [2.05, 4.69) is 95.9 Å². The number of hydrogen-bond donors (Lipinski definition) is 0. The van der Waals surface area contributed by atoms with Crippen molar-refractivity contribution in [2.45, 2.75) is 104 Å².